The number of piperazine rings is 1. The van der Waals surface area contributed by atoms with E-state index in [0.717, 1.165) is 18.0 Å². The van der Waals surface area contributed by atoms with Gasteiger partial charge in [-0.1, -0.05) is 18.2 Å². The molecule has 0 bridgehead atoms. The molecule has 7 heteroatoms. The van der Waals surface area contributed by atoms with Crippen LogP contribution in [-0.4, -0.2) is 43.8 Å². The molecule has 6 nitrogen and oxygen atoms in total. The first-order valence-corrected chi connectivity index (χ1v) is 10.2. The molecule has 0 amide bonds. The van der Waals surface area contributed by atoms with E-state index < -0.39 is 10.2 Å². The van der Waals surface area contributed by atoms with Crippen molar-refractivity contribution in [3.05, 3.63) is 59.2 Å². The normalized spacial score (nSPS) is 16.6. The van der Waals surface area contributed by atoms with E-state index in [-0.39, 0.29) is 0 Å². The second kappa shape index (κ2) is 7.75. The van der Waals surface area contributed by atoms with Crippen LogP contribution in [0.1, 0.15) is 16.7 Å². The van der Waals surface area contributed by atoms with Crippen LogP contribution < -0.4 is 9.88 Å². The van der Waals surface area contributed by atoms with Crippen molar-refractivity contribution in [2.45, 2.75) is 20.4 Å². The van der Waals surface area contributed by atoms with E-state index in [9.17, 15) is 8.42 Å². The monoisotopic (exact) mass is 375 g/mol. The van der Waals surface area contributed by atoms with Gasteiger partial charge in [-0.3, -0.25) is 4.90 Å². The summed E-state index contributed by atoms with van der Waals surface area (Å²) >= 11 is 0. The molecule has 140 valence electrons. The third-order valence-corrected chi connectivity index (χ3v) is 5.82. The number of ether oxygens (including phenoxy) is 1. The first-order chi connectivity index (χ1) is 12.3. The first kappa shape index (κ1) is 18.8. The molecule has 0 radical (unpaired) electrons. The first-order valence-electron chi connectivity index (χ1n) is 8.65. The third kappa shape index (κ3) is 4.82. The molecule has 0 aliphatic carbocycles. The lowest BCUT2D eigenvalue weighted by atomic mass is 10.1. The standard InChI is InChI=1S/C19H25N3O3S/c1-15-3-6-19(13-16(15)2)25-18-7-4-17(5-8-18)14-21-9-11-22(12-10-21)26(20,23)24/h3-8,13H,9-12,14H2,1-2H3,(H2,20,23,24). The highest BCUT2D eigenvalue weighted by molar-refractivity contribution is 7.86. The van der Waals surface area contributed by atoms with Crippen molar-refractivity contribution in [3.63, 3.8) is 0 Å². The zero-order chi connectivity index (χ0) is 18.7. The topological polar surface area (TPSA) is 75.9 Å². The number of hydrogen-bond acceptors (Lipinski definition) is 4. The van der Waals surface area contributed by atoms with E-state index >= 15 is 0 Å². The summed E-state index contributed by atoms with van der Waals surface area (Å²) in [4.78, 5) is 2.22. The molecule has 1 aliphatic rings. The molecule has 2 N–H and O–H groups in total. The van der Waals surface area contributed by atoms with Crippen LogP contribution in [0.15, 0.2) is 42.5 Å². The van der Waals surface area contributed by atoms with E-state index in [4.69, 9.17) is 9.88 Å². The summed E-state index contributed by atoms with van der Waals surface area (Å²) in [5.74, 6) is 1.64. The van der Waals surface area contributed by atoms with Crippen LogP contribution in [0.2, 0.25) is 0 Å². The van der Waals surface area contributed by atoms with Crippen LogP contribution >= 0.6 is 0 Å². The predicted octanol–water partition coefficient (Wildman–Crippen LogP) is 2.42. The largest absolute Gasteiger partial charge is 0.457 e. The minimum atomic E-state index is -3.57. The fraction of sp³-hybridized carbons (Fsp3) is 0.368. The Morgan fingerprint density at radius 3 is 2.12 bits per heavy atom. The van der Waals surface area contributed by atoms with E-state index in [1.807, 2.05) is 36.4 Å². The Morgan fingerprint density at radius 2 is 1.54 bits per heavy atom. The van der Waals surface area contributed by atoms with Crippen LogP contribution in [0.4, 0.5) is 0 Å². The molecule has 0 spiro atoms. The lowest BCUT2D eigenvalue weighted by Gasteiger charge is -2.32. The summed E-state index contributed by atoms with van der Waals surface area (Å²) in [5.41, 5.74) is 3.62. The van der Waals surface area contributed by atoms with Gasteiger partial charge >= 0.3 is 0 Å². The van der Waals surface area contributed by atoms with Gasteiger partial charge in [0.05, 0.1) is 0 Å². The highest BCUT2D eigenvalue weighted by atomic mass is 32.2. The van der Waals surface area contributed by atoms with Gasteiger partial charge in [-0.05, 0) is 54.8 Å². The second-order valence-corrected chi connectivity index (χ2v) is 8.26. The van der Waals surface area contributed by atoms with Gasteiger partial charge in [-0.25, -0.2) is 5.14 Å². The molecule has 2 aromatic carbocycles. The maximum absolute atomic E-state index is 11.3. The highest BCUT2D eigenvalue weighted by Crippen LogP contribution is 2.24. The second-order valence-electron chi connectivity index (χ2n) is 6.71. The molecule has 0 unspecified atom stereocenters. The Balaban J connectivity index is 1.56. The number of nitrogens with zero attached hydrogens (tertiary/aromatic N) is 2. The number of rotatable bonds is 5. The predicted molar refractivity (Wildman–Crippen MR) is 102 cm³/mol. The molecule has 0 saturated carbocycles. The van der Waals surface area contributed by atoms with Crippen molar-refractivity contribution in [2.75, 3.05) is 26.2 Å². The summed E-state index contributed by atoms with van der Waals surface area (Å²) in [5, 5.41) is 5.17. The molecule has 2 aromatic rings. The van der Waals surface area contributed by atoms with Crippen molar-refractivity contribution >= 4 is 10.2 Å². The van der Waals surface area contributed by atoms with Gasteiger partial charge in [-0.15, -0.1) is 0 Å². The van der Waals surface area contributed by atoms with Crippen molar-refractivity contribution in [1.82, 2.24) is 9.21 Å². The Hall–Kier alpha value is -1.93. The number of hydrogen-bond donors (Lipinski definition) is 1. The maximum atomic E-state index is 11.3. The fourth-order valence-electron chi connectivity index (χ4n) is 2.98. The lowest BCUT2D eigenvalue weighted by Crippen LogP contribution is -2.50. The molecule has 1 aliphatic heterocycles. The summed E-state index contributed by atoms with van der Waals surface area (Å²) in [6.07, 6.45) is 0. The zero-order valence-electron chi connectivity index (χ0n) is 15.2. The van der Waals surface area contributed by atoms with E-state index in [1.54, 1.807) is 0 Å². The molecular formula is C19H25N3O3S. The van der Waals surface area contributed by atoms with Crippen molar-refractivity contribution in [1.29, 1.82) is 0 Å². The van der Waals surface area contributed by atoms with Gasteiger partial charge in [0, 0.05) is 32.7 Å². The molecular weight excluding hydrogens is 350 g/mol. The molecule has 1 saturated heterocycles. The summed E-state index contributed by atoms with van der Waals surface area (Å²) in [6.45, 7) is 7.16. The minimum absolute atomic E-state index is 0.437. The lowest BCUT2D eigenvalue weighted by molar-refractivity contribution is 0.181. The smallest absolute Gasteiger partial charge is 0.276 e. The van der Waals surface area contributed by atoms with Gasteiger partial charge in [0.1, 0.15) is 11.5 Å². The van der Waals surface area contributed by atoms with Crippen LogP contribution in [0.25, 0.3) is 0 Å². The SMILES string of the molecule is Cc1ccc(Oc2ccc(CN3CCN(S(N)(=O)=O)CC3)cc2)cc1C. The van der Waals surface area contributed by atoms with Crippen LogP contribution in [-0.2, 0) is 16.8 Å². The summed E-state index contributed by atoms with van der Waals surface area (Å²) in [6, 6.07) is 14.1. The van der Waals surface area contributed by atoms with Gasteiger partial charge in [0.25, 0.3) is 10.2 Å². The van der Waals surface area contributed by atoms with E-state index in [0.29, 0.717) is 26.2 Å². The van der Waals surface area contributed by atoms with Crippen molar-refractivity contribution < 1.29 is 13.2 Å². The Morgan fingerprint density at radius 1 is 0.923 bits per heavy atom. The molecule has 1 fully saturated rings. The van der Waals surface area contributed by atoms with Crippen molar-refractivity contribution in [3.8, 4) is 11.5 Å². The van der Waals surface area contributed by atoms with Gasteiger partial charge < -0.3 is 4.74 Å². The number of benzene rings is 2. The summed E-state index contributed by atoms with van der Waals surface area (Å²) in [7, 11) is -3.57. The maximum Gasteiger partial charge on any atom is 0.276 e. The average molecular weight is 375 g/mol. The Kier molecular flexibility index (Phi) is 5.62. The van der Waals surface area contributed by atoms with E-state index in [2.05, 4.69) is 24.8 Å². The molecule has 0 aromatic heterocycles. The van der Waals surface area contributed by atoms with Gasteiger partial charge in [0.2, 0.25) is 0 Å². The average Bonchev–Trinajstić information content (AvgIpc) is 2.60. The fourth-order valence-corrected chi connectivity index (χ4v) is 3.65. The van der Waals surface area contributed by atoms with Crippen molar-refractivity contribution in [2.24, 2.45) is 5.14 Å². The molecule has 1 heterocycles. The quantitative estimate of drug-likeness (QED) is 0.871. The van der Waals surface area contributed by atoms with E-state index in [1.165, 1.54) is 21.0 Å². The van der Waals surface area contributed by atoms with Crippen LogP contribution in [0.5, 0.6) is 11.5 Å². The molecule has 3 rings (SSSR count). The highest BCUT2D eigenvalue weighted by Gasteiger charge is 2.23. The number of aryl methyl sites for hydroxylation is 2. The van der Waals surface area contributed by atoms with Gasteiger partial charge in [-0.2, -0.15) is 12.7 Å². The Labute approximate surface area is 155 Å². The zero-order valence-corrected chi connectivity index (χ0v) is 16.0. The minimum Gasteiger partial charge on any atom is -0.457 e. The Bertz CT molecular complexity index is 858. The number of nitrogens with two attached hydrogens (primary N) is 1. The molecule has 0 atom stereocenters. The van der Waals surface area contributed by atoms with Gasteiger partial charge in [0.15, 0.2) is 0 Å². The molecule has 26 heavy (non-hydrogen) atoms. The van der Waals surface area contributed by atoms with Crippen LogP contribution in [0.3, 0.4) is 0 Å². The van der Waals surface area contributed by atoms with Crippen LogP contribution in [0, 0.1) is 13.8 Å². The third-order valence-electron chi connectivity index (χ3n) is 4.73. The summed E-state index contributed by atoms with van der Waals surface area (Å²) < 4.78 is 29.9.